The smallest absolute Gasteiger partial charge is 0.253 e. The van der Waals surface area contributed by atoms with Gasteiger partial charge in [-0.1, -0.05) is 35.9 Å². The molecule has 1 atom stereocenters. The highest BCUT2D eigenvalue weighted by Crippen LogP contribution is 2.28. The minimum atomic E-state index is 0.0511. The predicted molar refractivity (Wildman–Crippen MR) is 107 cm³/mol. The van der Waals surface area contributed by atoms with Gasteiger partial charge in [-0.15, -0.1) is 0 Å². The molecule has 1 fully saturated rings. The van der Waals surface area contributed by atoms with Gasteiger partial charge in [0.25, 0.3) is 5.91 Å². The Kier molecular flexibility index (Phi) is 6.33. The summed E-state index contributed by atoms with van der Waals surface area (Å²) in [4.78, 5) is 14.4. The van der Waals surface area contributed by atoms with Gasteiger partial charge in [0.15, 0.2) is 0 Å². The standard InChI is InChI=1S/C22H26ClNO2/c1-16-20(7-5-8-21(16)23)17-9-11-18(12-10-17)22(25)24(2)14-13-19-6-3-4-15-26-19/h5,7-12,19H,3-4,6,13-15H2,1-2H3/t19-/m0/s1. The molecule has 0 radical (unpaired) electrons. The van der Waals surface area contributed by atoms with Crippen molar-refractivity contribution in [3.8, 4) is 11.1 Å². The molecule has 0 aromatic heterocycles. The molecule has 1 aliphatic heterocycles. The zero-order chi connectivity index (χ0) is 18.5. The average molecular weight is 372 g/mol. The van der Waals surface area contributed by atoms with Gasteiger partial charge < -0.3 is 9.64 Å². The van der Waals surface area contributed by atoms with Crippen molar-refractivity contribution in [1.29, 1.82) is 0 Å². The SMILES string of the molecule is Cc1c(Cl)cccc1-c1ccc(C(=O)N(C)CC[C@@H]2CCCCO2)cc1. The van der Waals surface area contributed by atoms with E-state index in [2.05, 4.69) is 0 Å². The van der Waals surface area contributed by atoms with Crippen LogP contribution >= 0.6 is 11.6 Å². The first-order chi connectivity index (χ1) is 12.6. The number of nitrogens with zero attached hydrogens (tertiary/aromatic N) is 1. The maximum absolute atomic E-state index is 12.7. The van der Waals surface area contributed by atoms with E-state index in [9.17, 15) is 4.79 Å². The van der Waals surface area contributed by atoms with Crippen molar-refractivity contribution in [3.05, 3.63) is 58.6 Å². The van der Waals surface area contributed by atoms with Crippen molar-refractivity contribution in [3.63, 3.8) is 0 Å². The molecule has 0 bridgehead atoms. The first-order valence-electron chi connectivity index (χ1n) is 9.29. The lowest BCUT2D eigenvalue weighted by atomic mass is 9.99. The van der Waals surface area contributed by atoms with E-state index in [1.807, 2.05) is 56.4 Å². The van der Waals surface area contributed by atoms with Crippen LogP contribution in [0.15, 0.2) is 42.5 Å². The number of hydrogen-bond acceptors (Lipinski definition) is 2. The Morgan fingerprint density at radius 3 is 2.65 bits per heavy atom. The van der Waals surface area contributed by atoms with Crippen molar-refractivity contribution < 1.29 is 9.53 Å². The second-order valence-corrected chi connectivity index (χ2v) is 7.40. The summed E-state index contributed by atoms with van der Waals surface area (Å²) in [6.45, 7) is 3.59. The summed E-state index contributed by atoms with van der Waals surface area (Å²) in [5, 5.41) is 0.757. The molecular formula is C22H26ClNO2. The summed E-state index contributed by atoms with van der Waals surface area (Å²) in [6.07, 6.45) is 4.70. The molecule has 1 amide bonds. The summed E-state index contributed by atoms with van der Waals surface area (Å²) in [6, 6.07) is 13.7. The first kappa shape index (κ1) is 18.9. The molecule has 0 N–H and O–H groups in total. The van der Waals surface area contributed by atoms with Gasteiger partial charge in [0.2, 0.25) is 0 Å². The van der Waals surface area contributed by atoms with Crippen molar-refractivity contribution in [1.82, 2.24) is 4.90 Å². The molecule has 2 aromatic carbocycles. The summed E-state index contributed by atoms with van der Waals surface area (Å²) >= 11 is 6.21. The summed E-state index contributed by atoms with van der Waals surface area (Å²) in [5.41, 5.74) is 3.93. The van der Waals surface area contributed by atoms with E-state index in [0.717, 1.165) is 54.1 Å². The van der Waals surface area contributed by atoms with Gasteiger partial charge in [0.05, 0.1) is 6.10 Å². The second kappa shape index (κ2) is 8.70. The third kappa shape index (κ3) is 4.46. The van der Waals surface area contributed by atoms with Gasteiger partial charge in [-0.2, -0.15) is 0 Å². The maximum atomic E-state index is 12.7. The molecule has 3 rings (SSSR count). The summed E-state index contributed by atoms with van der Waals surface area (Å²) in [5.74, 6) is 0.0511. The van der Waals surface area contributed by atoms with E-state index in [1.54, 1.807) is 4.90 Å². The number of carbonyl (C=O) groups is 1. The zero-order valence-corrected chi connectivity index (χ0v) is 16.3. The molecule has 3 nitrogen and oxygen atoms in total. The highest BCUT2D eigenvalue weighted by Gasteiger charge is 2.17. The van der Waals surface area contributed by atoms with Crippen molar-refractivity contribution >= 4 is 17.5 Å². The molecular weight excluding hydrogens is 346 g/mol. The van der Waals surface area contributed by atoms with E-state index in [4.69, 9.17) is 16.3 Å². The van der Waals surface area contributed by atoms with Crippen LogP contribution in [0.25, 0.3) is 11.1 Å². The molecule has 4 heteroatoms. The molecule has 1 aliphatic rings. The third-order valence-corrected chi connectivity index (χ3v) is 5.53. The van der Waals surface area contributed by atoms with Crippen LogP contribution in [0.4, 0.5) is 0 Å². The van der Waals surface area contributed by atoms with Crippen molar-refractivity contribution in [2.24, 2.45) is 0 Å². The van der Waals surface area contributed by atoms with Gasteiger partial charge in [0, 0.05) is 30.8 Å². The van der Waals surface area contributed by atoms with Gasteiger partial charge in [-0.3, -0.25) is 4.79 Å². The highest BCUT2D eigenvalue weighted by atomic mass is 35.5. The molecule has 0 unspecified atom stereocenters. The minimum Gasteiger partial charge on any atom is -0.378 e. The molecule has 0 spiro atoms. The van der Waals surface area contributed by atoms with E-state index in [1.165, 1.54) is 6.42 Å². The highest BCUT2D eigenvalue weighted by molar-refractivity contribution is 6.31. The number of carbonyl (C=O) groups excluding carboxylic acids is 1. The Bertz CT molecular complexity index is 751. The normalized spacial score (nSPS) is 17.1. The average Bonchev–Trinajstić information content (AvgIpc) is 2.68. The third-order valence-electron chi connectivity index (χ3n) is 5.12. The molecule has 1 heterocycles. The fraction of sp³-hybridized carbons (Fsp3) is 0.409. The topological polar surface area (TPSA) is 29.5 Å². The number of benzene rings is 2. The monoisotopic (exact) mass is 371 g/mol. The fourth-order valence-corrected chi connectivity index (χ4v) is 3.58. The second-order valence-electron chi connectivity index (χ2n) is 6.99. The number of hydrogen-bond donors (Lipinski definition) is 0. The Morgan fingerprint density at radius 1 is 1.19 bits per heavy atom. The molecule has 26 heavy (non-hydrogen) atoms. The van der Waals surface area contributed by atoms with Crippen LogP contribution in [0.1, 0.15) is 41.6 Å². The zero-order valence-electron chi connectivity index (χ0n) is 15.5. The quantitative estimate of drug-likeness (QED) is 0.709. The number of amides is 1. The van der Waals surface area contributed by atoms with E-state index in [-0.39, 0.29) is 5.91 Å². The lowest BCUT2D eigenvalue weighted by Gasteiger charge is -2.25. The van der Waals surface area contributed by atoms with Crippen LogP contribution in [0, 0.1) is 6.92 Å². The van der Waals surface area contributed by atoms with E-state index in [0.29, 0.717) is 11.7 Å². The van der Waals surface area contributed by atoms with Crippen molar-refractivity contribution in [2.75, 3.05) is 20.2 Å². The van der Waals surface area contributed by atoms with Crippen LogP contribution in [0.2, 0.25) is 5.02 Å². The van der Waals surface area contributed by atoms with Gasteiger partial charge in [0.1, 0.15) is 0 Å². The van der Waals surface area contributed by atoms with Crippen LogP contribution in [0.3, 0.4) is 0 Å². The van der Waals surface area contributed by atoms with E-state index < -0.39 is 0 Å². The van der Waals surface area contributed by atoms with Crippen LogP contribution in [-0.4, -0.2) is 37.1 Å². The van der Waals surface area contributed by atoms with Gasteiger partial charge in [-0.25, -0.2) is 0 Å². The maximum Gasteiger partial charge on any atom is 0.253 e. The van der Waals surface area contributed by atoms with Crippen LogP contribution in [-0.2, 0) is 4.74 Å². The van der Waals surface area contributed by atoms with Crippen LogP contribution < -0.4 is 0 Å². The molecule has 2 aromatic rings. The molecule has 1 saturated heterocycles. The largest absolute Gasteiger partial charge is 0.378 e. The van der Waals surface area contributed by atoms with Crippen molar-refractivity contribution in [2.45, 2.75) is 38.7 Å². The summed E-state index contributed by atoms with van der Waals surface area (Å²) < 4.78 is 5.75. The lowest BCUT2D eigenvalue weighted by molar-refractivity contribution is 0.00709. The number of halogens is 1. The van der Waals surface area contributed by atoms with Gasteiger partial charge in [-0.05, 0) is 67.5 Å². The summed E-state index contributed by atoms with van der Waals surface area (Å²) in [7, 11) is 1.86. The molecule has 0 saturated carbocycles. The number of ether oxygens (including phenoxy) is 1. The van der Waals surface area contributed by atoms with Crippen LogP contribution in [0.5, 0.6) is 0 Å². The van der Waals surface area contributed by atoms with Gasteiger partial charge >= 0.3 is 0 Å². The number of rotatable bonds is 5. The fourth-order valence-electron chi connectivity index (χ4n) is 3.41. The Hall–Kier alpha value is -1.84. The minimum absolute atomic E-state index is 0.0511. The first-order valence-corrected chi connectivity index (χ1v) is 9.66. The Balaban J connectivity index is 1.63. The predicted octanol–water partition coefficient (Wildman–Crippen LogP) is 5.35. The molecule has 138 valence electrons. The Morgan fingerprint density at radius 2 is 1.96 bits per heavy atom. The Labute approximate surface area is 160 Å². The molecule has 0 aliphatic carbocycles. The lowest BCUT2D eigenvalue weighted by Crippen LogP contribution is -2.31. The van der Waals surface area contributed by atoms with E-state index >= 15 is 0 Å².